The maximum Gasteiger partial charge on any atom is 0.246 e. The van der Waals surface area contributed by atoms with E-state index >= 15 is 0 Å². The summed E-state index contributed by atoms with van der Waals surface area (Å²) in [5, 5.41) is 16.5. The molecule has 164 valence electrons. The first-order chi connectivity index (χ1) is 15.6. The fourth-order valence-corrected chi connectivity index (χ4v) is 5.15. The van der Waals surface area contributed by atoms with Gasteiger partial charge in [-0.15, -0.1) is 16.4 Å². The van der Waals surface area contributed by atoms with Crippen molar-refractivity contribution in [2.24, 2.45) is 0 Å². The summed E-state index contributed by atoms with van der Waals surface area (Å²) in [6.07, 6.45) is 8.26. The number of carbonyl (C=O) groups excluding carboxylic acids is 1. The minimum Gasteiger partial charge on any atom is -0.329 e. The first-order valence-corrected chi connectivity index (χ1v) is 11.8. The second kappa shape index (κ2) is 7.70. The van der Waals surface area contributed by atoms with Crippen LogP contribution in [-0.2, 0) is 11.2 Å². The Morgan fingerprint density at radius 1 is 1.34 bits per heavy atom. The highest BCUT2D eigenvalue weighted by Gasteiger charge is 2.33. The molecular formula is C22H24N8OS. The fraction of sp³-hybridized carbons (Fsp3) is 0.409. The summed E-state index contributed by atoms with van der Waals surface area (Å²) in [7, 11) is 0. The number of aryl methyl sites for hydroxylation is 1. The molecule has 0 unspecified atom stereocenters. The Labute approximate surface area is 188 Å². The number of nitrogens with zero attached hydrogens (tertiary/aromatic N) is 6. The van der Waals surface area contributed by atoms with E-state index in [1.54, 1.807) is 11.3 Å². The van der Waals surface area contributed by atoms with E-state index < -0.39 is 0 Å². The zero-order valence-electron chi connectivity index (χ0n) is 17.8. The van der Waals surface area contributed by atoms with Crippen LogP contribution in [0.25, 0.3) is 5.52 Å². The molecule has 0 spiro atoms. The Morgan fingerprint density at radius 3 is 3.06 bits per heavy atom. The normalized spacial score (nSPS) is 18.5. The van der Waals surface area contributed by atoms with Crippen molar-refractivity contribution < 1.29 is 4.79 Å². The van der Waals surface area contributed by atoms with Gasteiger partial charge in [-0.25, -0.2) is 9.50 Å². The molecule has 9 nitrogen and oxygen atoms in total. The van der Waals surface area contributed by atoms with Crippen molar-refractivity contribution in [1.29, 1.82) is 0 Å². The van der Waals surface area contributed by atoms with E-state index in [0.29, 0.717) is 24.1 Å². The van der Waals surface area contributed by atoms with Crippen LogP contribution in [0.3, 0.4) is 0 Å². The van der Waals surface area contributed by atoms with Crippen molar-refractivity contribution in [2.75, 3.05) is 16.8 Å². The van der Waals surface area contributed by atoms with E-state index in [1.165, 1.54) is 12.8 Å². The molecule has 0 radical (unpaired) electrons. The van der Waals surface area contributed by atoms with Crippen molar-refractivity contribution in [2.45, 2.75) is 51.0 Å². The van der Waals surface area contributed by atoms with Gasteiger partial charge >= 0.3 is 0 Å². The Hall–Kier alpha value is -3.27. The van der Waals surface area contributed by atoms with Crippen LogP contribution in [0.2, 0.25) is 0 Å². The van der Waals surface area contributed by atoms with Gasteiger partial charge < -0.3 is 10.2 Å². The lowest BCUT2D eigenvalue weighted by Crippen LogP contribution is -2.38. The van der Waals surface area contributed by atoms with Gasteiger partial charge in [-0.2, -0.15) is 10.1 Å². The standard InChI is InChI=1S/C22H24N8OS/c1-13-12-23-20(32-13)11-18(31)16-4-2-8-29(16)22-25-21(17-5-3-9-30(17)28-22)24-19-10-15(26-27-19)14-6-7-14/h3,5,9-10,12,14,16H,2,4,6-8,11H2,1H3,(H2,24,25,26,27,28)/t16-/m0/s1. The molecule has 10 heteroatoms. The SMILES string of the molecule is Cc1cnc(CC(=O)[C@@H]2CCCN2c2nc(Nc3cc(C4CC4)[nH]n3)c3cccn3n2)s1. The number of thiazole rings is 1. The summed E-state index contributed by atoms with van der Waals surface area (Å²) >= 11 is 1.58. The van der Waals surface area contributed by atoms with Gasteiger partial charge in [0.05, 0.1) is 12.5 Å². The molecule has 1 aliphatic heterocycles. The van der Waals surface area contributed by atoms with Gasteiger partial charge in [0.1, 0.15) is 10.5 Å². The maximum atomic E-state index is 13.1. The highest BCUT2D eigenvalue weighted by atomic mass is 32.1. The Balaban J connectivity index is 1.28. The van der Waals surface area contributed by atoms with Gasteiger partial charge in [0.15, 0.2) is 17.4 Å². The number of rotatable bonds is 7. The summed E-state index contributed by atoms with van der Waals surface area (Å²) in [6.45, 7) is 2.77. The second-order valence-electron chi connectivity index (χ2n) is 8.57. The fourth-order valence-electron chi connectivity index (χ4n) is 4.35. The van der Waals surface area contributed by atoms with E-state index in [2.05, 4.69) is 26.6 Å². The highest BCUT2D eigenvalue weighted by Crippen LogP contribution is 2.39. The van der Waals surface area contributed by atoms with Gasteiger partial charge in [-0.05, 0) is 44.7 Å². The summed E-state index contributed by atoms with van der Waals surface area (Å²) in [5.41, 5.74) is 2.03. The number of nitrogens with one attached hydrogen (secondary N) is 2. The molecule has 2 N–H and O–H groups in total. The molecule has 6 rings (SSSR count). The number of carbonyl (C=O) groups is 1. The molecular weight excluding hydrogens is 424 g/mol. The second-order valence-corrected chi connectivity index (χ2v) is 9.88. The molecule has 2 fully saturated rings. The summed E-state index contributed by atoms with van der Waals surface area (Å²) < 4.78 is 1.81. The van der Waals surface area contributed by atoms with E-state index in [4.69, 9.17) is 10.1 Å². The third-order valence-corrected chi connectivity index (χ3v) is 7.03. The monoisotopic (exact) mass is 448 g/mol. The molecule has 5 heterocycles. The minimum atomic E-state index is -0.230. The molecule has 0 bridgehead atoms. The van der Waals surface area contributed by atoms with E-state index in [1.807, 2.05) is 40.9 Å². The van der Waals surface area contributed by atoms with E-state index in [9.17, 15) is 4.79 Å². The van der Waals surface area contributed by atoms with Gasteiger partial charge in [-0.1, -0.05) is 0 Å². The van der Waals surface area contributed by atoms with Crippen LogP contribution in [-0.4, -0.2) is 48.1 Å². The van der Waals surface area contributed by atoms with Crippen LogP contribution >= 0.6 is 11.3 Å². The van der Waals surface area contributed by atoms with Crippen molar-refractivity contribution >= 4 is 40.2 Å². The minimum absolute atomic E-state index is 0.170. The number of fused-ring (bicyclic) bond motifs is 1. The number of aromatic amines is 1. The van der Waals surface area contributed by atoms with Crippen LogP contribution in [0.4, 0.5) is 17.6 Å². The number of hydrogen-bond acceptors (Lipinski definition) is 8. The van der Waals surface area contributed by atoms with Gasteiger partial charge in [-0.3, -0.25) is 9.89 Å². The average molecular weight is 449 g/mol. The van der Waals surface area contributed by atoms with Crippen LogP contribution in [0, 0.1) is 6.92 Å². The topological polar surface area (TPSA) is 104 Å². The van der Waals surface area contributed by atoms with Crippen molar-refractivity contribution in [3.63, 3.8) is 0 Å². The van der Waals surface area contributed by atoms with Crippen LogP contribution < -0.4 is 10.2 Å². The number of H-pyrrole nitrogens is 1. The molecule has 1 atom stereocenters. The largest absolute Gasteiger partial charge is 0.329 e. The molecule has 0 aromatic carbocycles. The number of anilines is 3. The molecule has 2 aliphatic rings. The molecule has 4 aromatic rings. The third kappa shape index (κ3) is 3.64. The predicted molar refractivity (Wildman–Crippen MR) is 123 cm³/mol. The van der Waals surface area contributed by atoms with E-state index in [0.717, 1.165) is 46.3 Å². The van der Waals surface area contributed by atoms with Crippen LogP contribution in [0.1, 0.15) is 47.2 Å². The first kappa shape index (κ1) is 19.4. The lowest BCUT2D eigenvalue weighted by atomic mass is 10.1. The molecule has 1 saturated heterocycles. The zero-order valence-corrected chi connectivity index (χ0v) is 18.6. The lowest BCUT2D eigenvalue weighted by molar-refractivity contribution is -0.119. The van der Waals surface area contributed by atoms with Crippen molar-refractivity contribution in [3.05, 3.63) is 46.2 Å². The van der Waals surface area contributed by atoms with Gasteiger partial charge in [0.2, 0.25) is 5.95 Å². The van der Waals surface area contributed by atoms with Crippen LogP contribution in [0.15, 0.2) is 30.6 Å². The van der Waals surface area contributed by atoms with Gasteiger partial charge in [0.25, 0.3) is 0 Å². The zero-order chi connectivity index (χ0) is 21.7. The predicted octanol–water partition coefficient (Wildman–Crippen LogP) is 3.62. The van der Waals surface area contributed by atoms with Gasteiger partial charge in [0, 0.05) is 41.5 Å². The Kier molecular flexibility index (Phi) is 4.67. The number of Topliss-reactive ketones (excluding diaryl/α,β-unsaturated/α-hetero) is 1. The molecule has 1 aliphatic carbocycles. The Morgan fingerprint density at radius 2 is 2.25 bits per heavy atom. The maximum absolute atomic E-state index is 13.1. The first-order valence-electron chi connectivity index (χ1n) is 11.0. The Bertz CT molecular complexity index is 1290. The quantitative estimate of drug-likeness (QED) is 0.445. The van der Waals surface area contributed by atoms with Crippen molar-refractivity contribution in [1.82, 2.24) is 29.8 Å². The van der Waals surface area contributed by atoms with E-state index in [-0.39, 0.29) is 11.8 Å². The molecule has 4 aromatic heterocycles. The molecule has 32 heavy (non-hydrogen) atoms. The number of ketones is 1. The smallest absolute Gasteiger partial charge is 0.246 e. The average Bonchev–Trinajstić information content (AvgIpc) is 3.20. The molecule has 1 saturated carbocycles. The van der Waals surface area contributed by atoms with Crippen LogP contribution in [0.5, 0.6) is 0 Å². The summed E-state index contributed by atoms with van der Waals surface area (Å²) in [5.74, 6) is 2.75. The number of aromatic nitrogens is 6. The molecule has 0 amide bonds. The van der Waals surface area contributed by atoms with Crippen molar-refractivity contribution in [3.8, 4) is 0 Å². The third-order valence-electron chi connectivity index (χ3n) is 6.12. The lowest BCUT2D eigenvalue weighted by Gasteiger charge is -2.24. The highest BCUT2D eigenvalue weighted by molar-refractivity contribution is 7.11. The summed E-state index contributed by atoms with van der Waals surface area (Å²) in [4.78, 5) is 25.4. The number of hydrogen-bond donors (Lipinski definition) is 2. The summed E-state index contributed by atoms with van der Waals surface area (Å²) in [6, 6.07) is 5.73.